The van der Waals surface area contributed by atoms with Gasteiger partial charge in [-0.3, -0.25) is 0 Å². The highest BCUT2D eigenvalue weighted by molar-refractivity contribution is 5.69. The Kier molecular flexibility index (Phi) is 4.40. The van der Waals surface area contributed by atoms with Gasteiger partial charge in [0.05, 0.1) is 5.69 Å². The number of carbonyl (C=O) groups is 1. The van der Waals surface area contributed by atoms with Gasteiger partial charge in [-0.05, 0) is 39.8 Å². The number of ether oxygens (including phenoxy) is 1. The van der Waals surface area contributed by atoms with Crippen LogP contribution < -0.4 is 4.90 Å². The zero-order chi connectivity index (χ0) is 15.6. The van der Waals surface area contributed by atoms with Crippen molar-refractivity contribution in [3.63, 3.8) is 0 Å². The number of anilines is 1. The van der Waals surface area contributed by atoms with E-state index < -0.39 is 5.60 Å². The average Bonchev–Trinajstić information content (AvgIpc) is 2.37. The summed E-state index contributed by atoms with van der Waals surface area (Å²) < 4.78 is 19.2. The molecule has 21 heavy (non-hydrogen) atoms. The summed E-state index contributed by atoms with van der Waals surface area (Å²) in [5.41, 5.74) is 0.0904. The van der Waals surface area contributed by atoms with Crippen LogP contribution in [-0.2, 0) is 4.74 Å². The third kappa shape index (κ3) is 3.86. The second-order valence-electron chi connectivity index (χ2n) is 6.42. The van der Waals surface area contributed by atoms with Crippen molar-refractivity contribution in [1.29, 1.82) is 0 Å². The van der Waals surface area contributed by atoms with Gasteiger partial charge in [-0.15, -0.1) is 0 Å². The molecule has 1 saturated heterocycles. The Bertz CT molecular complexity index is 513. The van der Waals surface area contributed by atoms with Gasteiger partial charge in [-0.1, -0.05) is 12.1 Å². The van der Waals surface area contributed by atoms with E-state index in [0.717, 1.165) is 0 Å². The molecule has 0 spiro atoms. The van der Waals surface area contributed by atoms with E-state index in [1.807, 2.05) is 38.7 Å². The zero-order valence-electron chi connectivity index (χ0n) is 13.1. The van der Waals surface area contributed by atoms with Crippen LogP contribution in [0.2, 0.25) is 0 Å². The molecular weight excluding hydrogens is 271 g/mol. The zero-order valence-corrected chi connectivity index (χ0v) is 13.1. The molecular formula is C16H23FN2O2. The molecule has 1 aromatic rings. The summed E-state index contributed by atoms with van der Waals surface area (Å²) in [5.74, 6) is -0.226. The van der Waals surface area contributed by atoms with Gasteiger partial charge in [-0.25, -0.2) is 9.18 Å². The Labute approximate surface area is 125 Å². The average molecular weight is 294 g/mol. The molecule has 1 heterocycles. The summed E-state index contributed by atoms with van der Waals surface area (Å²) in [6.07, 6.45) is -0.303. The summed E-state index contributed by atoms with van der Waals surface area (Å²) in [6.45, 7) is 9.24. The summed E-state index contributed by atoms with van der Waals surface area (Å²) in [5, 5.41) is 0. The van der Waals surface area contributed by atoms with E-state index >= 15 is 0 Å². The third-order valence-electron chi connectivity index (χ3n) is 3.45. The summed E-state index contributed by atoms with van der Waals surface area (Å²) in [6, 6.07) is 6.71. The molecule has 1 aliphatic rings. The number of hydrogen-bond donors (Lipinski definition) is 0. The number of halogens is 1. The van der Waals surface area contributed by atoms with Gasteiger partial charge in [0.2, 0.25) is 0 Å². The molecule has 5 heteroatoms. The molecule has 0 aliphatic carbocycles. The Hall–Kier alpha value is -1.78. The van der Waals surface area contributed by atoms with Gasteiger partial charge in [0.25, 0.3) is 0 Å². The Morgan fingerprint density at radius 2 is 1.95 bits per heavy atom. The topological polar surface area (TPSA) is 32.8 Å². The van der Waals surface area contributed by atoms with Crippen molar-refractivity contribution in [1.82, 2.24) is 4.90 Å². The quantitative estimate of drug-likeness (QED) is 0.797. The number of piperazine rings is 1. The number of carbonyl (C=O) groups excluding carboxylic acids is 1. The van der Waals surface area contributed by atoms with Crippen LogP contribution in [0.4, 0.5) is 14.9 Å². The number of nitrogens with zero attached hydrogens (tertiary/aromatic N) is 2. The minimum absolute atomic E-state index is 0.0202. The highest BCUT2D eigenvalue weighted by atomic mass is 19.1. The van der Waals surface area contributed by atoms with Crippen LogP contribution in [0.5, 0.6) is 0 Å². The van der Waals surface area contributed by atoms with E-state index in [0.29, 0.717) is 25.3 Å². The first-order chi connectivity index (χ1) is 9.78. The van der Waals surface area contributed by atoms with E-state index in [2.05, 4.69) is 0 Å². The van der Waals surface area contributed by atoms with Gasteiger partial charge in [0.15, 0.2) is 0 Å². The standard InChI is InChI=1S/C16H23FN2O2/c1-12-11-18(14-8-6-5-7-13(14)17)9-10-19(12)15(20)21-16(2,3)4/h5-8,12H,9-11H2,1-4H3/t12-/m1/s1. The molecule has 1 atom stereocenters. The van der Waals surface area contributed by atoms with Crippen LogP contribution in [0.15, 0.2) is 24.3 Å². The fourth-order valence-corrected chi connectivity index (χ4v) is 2.48. The van der Waals surface area contributed by atoms with Crippen LogP contribution >= 0.6 is 0 Å². The second-order valence-corrected chi connectivity index (χ2v) is 6.42. The fourth-order valence-electron chi connectivity index (χ4n) is 2.48. The van der Waals surface area contributed by atoms with Gasteiger partial charge in [0.1, 0.15) is 11.4 Å². The second kappa shape index (κ2) is 5.92. The largest absolute Gasteiger partial charge is 0.444 e. The van der Waals surface area contributed by atoms with Crippen LogP contribution in [0, 0.1) is 5.82 Å². The predicted octanol–water partition coefficient (Wildman–Crippen LogP) is 3.27. The number of benzene rings is 1. The molecule has 0 aromatic heterocycles. The SMILES string of the molecule is C[C@@H]1CN(c2ccccc2F)CCN1C(=O)OC(C)(C)C. The minimum atomic E-state index is -0.501. The number of rotatable bonds is 1. The molecule has 0 unspecified atom stereocenters. The predicted molar refractivity (Wildman–Crippen MR) is 81.0 cm³/mol. The molecule has 0 bridgehead atoms. The lowest BCUT2D eigenvalue weighted by Crippen LogP contribution is -2.55. The van der Waals surface area contributed by atoms with Crippen molar-refractivity contribution in [3.8, 4) is 0 Å². The Balaban J connectivity index is 2.03. The molecule has 0 N–H and O–H groups in total. The molecule has 0 saturated carbocycles. The highest BCUT2D eigenvalue weighted by Gasteiger charge is 2.31. The minimum Gasteiger partial charge on any atom is -0.444 e. The maximum Gasteiger partial charge on any atom is 0.410 e. The first-order valence-electron chi connectivity index (χ1n) is 7.27. The van der Waals surface area contributed by atoms with Crippen LogP contribution in [0.1, 0.15) is 27.7 Å². The maximum absolute atomic E-state index is 13.8. The van der Waals surface area contributed by atoms with Gasteiger partial charge in [0, 0.05) is 25.7 Å². The number of para-hydroxylation sites is 1. The van der Waals surface area contributed by atoms with Crippen LogP contribution in [-0.4, -0.2) is 42.3 Å². The fraction of sp³-hybridized carbons (Fsp3) is 0.562. The Morgan fingerprint density at radius 1 is 1.29 bits per heavy atom. The monoisotopic (exact) mass is 294 g/mol. The number of amides is 1. The third-order valence-corrected chi connectivity index (χ3v) is 3.45. The Morgan fingerprint density at radius 3 is 2.52 bits per heavy atom. The lowest BCUT2D eigenvalue weighted by Gasteiger charge is -2.41. The molecule has 1 aromatic carbocycles. The summed E-state index contributed by atoms with van der Waals surface area (Å²) >= 11 is 0. The first-order valence-corrected chi connectivity index (χ1v) is 7.27. The lowest BCUT2D eigenvalue weighted by molar-refractivity contribution is 0.0159. The number of hydrogen-bond acceptors (Lipinski definition) is 3. The van der Waals surface area contributed by atoms with E-state index in [-0.39, 0.29) is 18.0 Å². The lowest BCUT2D eigenvalue weighted by atomic mass is 10.1. The smallest absolute Gasteiger partial charge is 0.410 e. The van der Waals surface area contributed by atoms with E-state index in [9.17, 15) is 9.18 Å². The molecule has 1 aliphatic heterocycles. The highest BCUT2D eigenvalue weighted by Crippen LogP contribution is 2.23. The van der Waals surface area contributed by atoms with Crippen molar-refractivity contribution >= 4 is 11.8 Å². The van der Waals surface area contributed by atoms with Crippen molar-refractivity contribution in [2.75, 3.05) is 24.5 Å². The van der Waals surface area contributed by atoms with Crippen molar-refractivity contribution in [3.05, 3.63) is 30.1 Å². The first kappa shape index (κ1) is 15.6. The molecule has 0 radical (unpaired) electrons. The van der Waals surface area contributed by atoms with Crippen molar-refractivity contribution in [2.45, 2.75) is 39.3 Å². The van der Waals surface area contributed by atoms with E-state index in [4.69, 9.17) is 4.74 Å². The molecule has 116 valence electrons. The maximum atomic E-state index is 13.8. The van der Waals surface area contributed by atoms with E-state index in [1.165, 1.54) is 6.07 Å². The van der Waals surface area contributed by atoms with E-state index in [1.54, 1.807) is 17.0 Å². The van der Waals surface area contributed by atoms with Crippen LogP contribution in [0.3, 0.4) is 0 Å². The van der Waals surface area contributed by atoms with Crippen LogP contribution in [0.25, 0.3) is 0 Å². The molecule has 4 nitrogen and oxygen atoms in total. The van der Waals surface area contributed by atoms with Gasteiger partial charge in [-0.2, -0.15) is 0 Å². The molecule has 1 amide bonds. The van der Waals surface area contributed by atoms with Crippen molar-refractivity contribution in [2.24, 2.45) is 0 Å². The van der Waals surface area contributed by atoms with Gasteiger partial charge < -0.3 is 14.5 Å². The summed E-state index contributed by atoms with van der Waals surface area (Å²) in [7, 11) is 0. The summed E-state index contributed by atoms with van der Waals surface area (Å²) in [4.78, 5) is 15.8. The van der Waals surface area contributed by atoms with Gasteiger partial charge >= 0.3 is 6.09 Å². The van der Waals surface area contributed by atoms with Crippen molar-refractivity contribution < 1.29 is 13.9 Å². The molecule has 2 rings (SSSR count). The molecule has 1 fully saturated rings. The normalized spacial score (nSPS) is 19.6.